The normalized spacial score (nSPS) is 37.6. The Morgan fingerprint density at radius 3 is 2.78 bits per heavy atom. The summed E-state index contributed by atoms with van der Waals surface area (Å²) in [6.07, 6.45) is 3.70. The Morgan fingerprint density at radius 2 is 2.00 bits per heavy atom. The first-order valence-corrected chi connectivity index (χ1v) is 7.20. The molecule has 0 radical (unpaired) electrons. The van der Waals surface area contributed by atoms with Crippen LogP contribution >= 0.6 is 0 Å². The number of rotatable bonds is 1. The topological polar surface area (TPSA) is 47.6 Å². The second kappa shape index (κ2) is 5.15. The second-order valence-corrected chi connectivity index (χ2v) is 5.83. The van der Waals surface area contributed by atoms with E-state index in [1.807, 2.05) is 0 Å². The number of piperazine rings is 1. The molecule has 3 heterocycles. The van der Waals surface area contributed by atoms with Gasteiger partial charge in [0.05, 0.1) is 6.04 Å². The molecule has 3 aliphatic rings. The Kier molecular flexibility index (Phi) is 3.54. The number of hydrogen-bond donors (Lipinski definition) is 2. The molecule has 0 aromatic carbocycles. The first kappa shape index (κ1) is 12.4. The lowest BCUT2D eigenvalue weighted by atomic mass is 10.1. The van der Waals surface area contributed by atoms with Gasteiger partial charge in [0.2, 0.25) is 5.91 Å². The van der Waals surface area contributed by atoms with E-state index in [0.29, 0.717) is 18.0 Å². The van der Waals surface area contributed by atoms with Crippen LogP contribution in [0.5, 0.6) is 0 Å². The largest absolute Gasteiger partial charge is 0.340 e. The van der Waals surface area contributed by atoms with E-state index < -0.39 is 0 Å². The van der Waals surface area contributed by atoms with E-state index in [2.05, 4.69) is 27.5 Å². The number of carbonyl (C=O) groups is 1. The third-order valence-electron chi connectivity index (χ3n) is 4.80. The molecule has 0 aromatic rings. The molecule has 3 saturated heterocycles. The molecule has 102 valence electrons. The summed E-state index contributed by atoms with van der Waals surface area (Å²) in [4.78, 5) is 17.1. The van der Waals surface area contributed by atoms with E-state index in [0.717, 1.165) is 39.1 Å². The molecule has 0 aromatic heterocycles. The Morgan fingerprint density at radius 1 is 1.17 bits per heavy atom. The summed E-state index contributed by atoms with van der Waals surface area (Å²) in [6.45, 7) is 4.50. The highest BCUT2D eigenvalue weighted by Gasteiger charge is 2.37. The molecule has 5 nitrogen and oxygen atoms in total. The Labute approximate surface area is 109 Å². The van der Waals surface area contributed by atoms with Gasteiger partial charge in [-0.25, -0.2) is 0 Å². The molecule has 3 aliphatic heterocycles. The number of likely N-dealkylation sites (tertiary alicyclic amines) is 1. The number of nitrogens with one attached hydrogen (secondary N) is 2. The van der Waals surface area contributed by atoms with Gasteiger partial charge in [-0.1, -0.05) is 0 Å². The lowest BCUT2D eigenvalue weighted by Crippen LogP contribution is -2.57. The molecule has 3 fully saturated rings. The van der Waals surface area contributed by atoms with Crippen molar-refractivity contribution < 1.29 is 4.79 Å². The third kappa shape index (κ3) is 2.27. The van der Waals surface area contributed by atoms with Crippen LogP contribution in [0.2, 0.25) is 0 Å². The zero-order valence-corrected chi connectivity index (χ0v) is 11.2. The molecule has 5 heteroatoms. The molecule has 1 amide bonds. The number of likely N-dealkylation sites (N-methyl/N-ethyl adjacent to an activating group) is 1. The third-order valence-corrected chi connectivity index (χ3v) is 4.80. The fourth-order valence-corrected chi connectivity index (χ4v) is 3.56. The van der Waals surface area contributed by atoms with Crippen molar-refractivity contribution >= 4 is 5.91 Å². The van der Waals surface area contributed by atoms with Crippen molar-refractivity contribution in [2.45, 2.75) is 37.4 Å². The molecule has 3 unspecified atom stereocenters. The molecule has 0 aliphatic carbocycles. The molecular weight excluding hydrogens is 228 g/mol. The van der Waals surface area contributed by atoms with Crippen LogP contribution in [-0.2, 0) is 4.79 Å². The van der Waals surface area contributed by atoms with Crippen molar-refractivity contribution in [2.75, 3.05) is 39.8 Å². The molecule has 3 atom stereocenters. The maximum atomic E-state index is 12.5. The van der Waals surface area contributed by atoms with Crippen LogP contribution in [0.1, 0.15) is 19.3 Å². The summed E-state index contributed by atoms with van der Waals surface area (Å²) >= 11 is 0. The molecule has 0 spiro atoms. The van der Waals surface area contributed by atoms with Gasteiger partial charge in [0.25, 0.3) is 0 Å². The summed E-state index contributed by atoms with van der Waals surface area (Å²) in [5, 5.41) is 6.62. The summed E-state index contributed by atoms with van der Waals surface area (Å²) in [7, 11) is 2.22. The predicted octanol–water partition coefficient (Wildman–Crippen LogP) is -0.757. The van der Waals surface area contributed by atoms with Crippen LogP contribution in [0.25, 0.3) is 0 Å². The van der Waals surface area contributed by atoms with Crippen molar-refractivity contribution in [3.8, 4) is 0 Å². The zero-order chi connectivity index (χ0) is 12.5. The average molecular weight is 252 g/mol. The van der Waals surface area contributed by atoms with E-state index in [-0.39, 0.29) is 6.04 Å². The minimum Gasteiger partial charge on any atom is -0.340 e. The van der Waals surface area contributed by atoms with Crippen molar-refractivity contribution in [3.63, 3.8) is 0 Å². The van der Waals surface area contributed by atoms with Gasteiger partial charge in [-0.3, -0.25) is 9.69 Å². The standard InChI is InChI=1S/C13H24N4O/c1-16-10-2-3-11(16)9-17(7-4-10)13(18)12-8-14-5-6-15-12/h10-12,14-15H,2-9H2,1H3. The van der Waals surface area contributed by atoms with Crippen LogP contribution in [0.15, 0.2) is 0 Å². The highest BCUT2D eigenvalue weighted by Crippen LogP contribution is 2.28. The number of fused-ring (bicyclic) bond motifs is 2. The van der Waals surface area contributed by atoms with E-state index in [1.54, 1.807) is 0 Å². The summed E-state index contributed by atoms with van der Waals surface area (Å²) in [5.41, 5.74) is 0. The lowest BCUT2D eigenvalue weighted by molar-refractivity contribution is -0.134. The van der Waals surface area contributed by atoms with Gasteiger partial charge in [-0.2, -0.15) is 0 Å². The Balaban J connectivity index is 1.63. The van der Waals surface area contributed by atoms with Gasteiger partial charge in [-0.15, -0.1) is 0 Å². The molecule has 2 bridgehead atoms. The van der Waals surface area contributed by atoms with Crippen LogP contribution in [0.4, 0.5) is 0 Å². The smallest absolute Gasteiger partial charge is 0.241 e. The van der Waals surface area contributed by atoms with Gasteiger partial charge in [0, 0.05) is 44.8 Å². The summed E-state index contributed by atoms with van der Waals surface area (Å²) in [5.74, 6) is 0.295. The molecule has 18 heavy (non-hydrogen) atoms. The first-order valence-electron chi connectivity index (χ1n) is 7.20. The van der Waals surface area contributed by atoms with Crippen LogP contribution < -0.4 is 10.6 Å². The maximum absolute atomic E-state index is 12.5. The number of hydrogen-bond acceptors (Lipinski definition) is 4. The minimum absolute atomic E-state index is 0.0133. The molecule has 2 N–H and O–H groups in total. The first-order chi connectivity index (χ1) is 8.75. The fourth-order valence-electron chi connectivity index (χ4n) is 3.56. The van der Waals surface area contributed by atoms with Crippen LogP contribution in [-0.4, -0.2) is 73.6 Å². The van der Waals surface area contributed by atoms with E-state index in [1.165, 1.54) is 12.8 Å². The number of carbonyl (C=O) groups excluding carboxylic acids is 1. The molecular formula is C13H24N4O. The van der Waals surface area contributed by atoms with Crippen molar-refractivity contribution in [1.29, 1.82) is 0 Å². The molecule has 0 saturated carbocycles. The summed E-state index contributed by atoms with van der Waals surface area (Å²) in [6, 6.07) is 1.27. The van der Waals surface area contributed by atoms with Gasteiger partial charge < -0.3 is 15.5 Å². The van der Waals surface area contributed by atoms with E-state index >= 15 is 0 Å². The van der Waals surface area contributed by atoms with Crippen molar-refractivity contribution in [3.05, 3.63) is 0 Å². The molecule has 3 rings (SSSR count). The fraction of sp³-hybridized carbons (Fsp3) is 0.923. The van der Waals surface area contributed by atoms with Crippen LogP contribution in [0, 0.1) is 0 Å². The number of nitrogens with zero attached hydrogens (tertiary/aromatic N) is 2. The Bertz CT molecular complexity index is 316. The van der Waals surface area contributed by atoms with E-state index in [4.69, 9.17) is 0 Å². The number of amides is 1. The summed E-state index contributed by atoms with van der Waals surface area (Å²) < 4.78 is 0. The SMILES string of the molecule is CN1C2CCC1CN(C(=O)C1CNCCN1)CC2. The highest BCUT2D eigenvalue weighted by atomic mass is 16.2. The maximum Gasteiger partial charge on any atom is 0.241 e. The average Bonchev–Trinajstić information content (AvgIpc) is 2.64. The minimum atomic E-state index is -0.0133. The van der Waals surface area contributed by atoms with Crippen molar-refractivity contribution in [2.24, 2.45) is 0 Å². The van der Waals surface area contributed by atoms with Gasteiger partial charge in [0.15, 0.2) is 0 Å². The van der Waals surface area contributed by atoms with Crippen LogP contribution in [0.3, 0.4) is 0 Å². The quantitative estimate of drug-likeness (QED) is 0.644. The highest BCUT2D eigenvalue weighted by molar-refractivity contribution is 5.82. The monoisotopic (exact) mass is 252 g/mol. The van der Waals surface area contributed by atoms with Crippen molar-refractivity contribution in [1.82, 2.24) is 20.4 Å². The second-order valence-electron chi connectivity index (χ2n) is 5.83. The van der Waals surface area contributed by atoms with Gasteiger partial charge in [-0.05, 0) is 26.3 Å². The Hall–Kier alpha value is -0.650. The predicted molar refractivity (Wildman–Crippen MR) is 70.4 cm³/mol. The lowest BCUT2D eigenvalue weighted by Gasteiger charge is -2.31. The zero-order valence-electron chi connectivity index (χ0n) is 11.2. The van der Waals surface area contributed by atoms with E-state index in [9.17, 15) is 4.79 Å². The van der Waals surface area contributed by atoms with Gasteiger partial charge in [0.1, 0.15) is 0 Å². The van der Waals surface area contributed by atoms with Gasteiger partial charge >= 0.3 is 0 Å².